The normalized spacial score (nSPS) is 20.9. The van der Waals surface area contributed by atoms with Gasteiger partial charge in [-0.2, -0.15) is 0 Å². The van der Waals surface area contributed by atoms with Crippen LogP contribution >= 0.6 is 0 Å². The Morgan fingerprint density at radius 1 is 0.848 bits per heavy atom. The van der Waals surface area contributed by atoms with Gasteiger partial charge in [0.25, 0.3) is 0 Å². The molecular weight excluding hydrogens is 418 g/mol. The van der Waals surface area contributed by atoms with Gasteiger partial charge >= 0.3 is 0 Å². The third kappa shape index (κ3) is 4.89. The summed E-state index contributed by atoms with van der Waals surface area (Å²) < 4.78 is 23.4. The first kappa shape index (κ1) is 23.3. The third-order valence-electron chi connectivity index (χ3n) is 6.14. The van der Waals surface area contributed by atoms with Gasteiger partial charge in [0.1, 0.15) is 23.2 Å². The minimum Gasteiger partial charge on any atom is -0.497 e. The first-order chi connectivity index (χ1) is 16.1. The number of aliphatic hydroxyl groups excluding tert-OH is 1. The van der Waals surface area contributed by atoms with Crippen molar-refractivity contribution in [3.8, 4) is 11.5 Å². The number of nitrogens with two attached hydrogens (primary N) is 1. The standard InChI is InChI=1S/C27H31NO5/c1-30-23-12-8-20(9-13-23)27(19-6-4-3-5-7-19,21-10-14-24(31-2)15-11-21)33-18-26-25(29)16-22(28)17-32-26/h3-15,22,25-26,29H,16-18,28H2,1-2H3/t22-,25-,26+/m0/s1. The summed E-state index contributed by atoms with van der Waals surface area (Å²) in [6, 6.07) is 25.6. The second-order valence-electron chi connectivity index (χ2n) is 8.25. The van der Waals surface area contributed by atoms with Crippen molar-refractivity contribution in [3.05, 3.63) is 95.6 Å². The van der Waals surface area contributed by atoms with E-state index in [1.165, 1.54) is 0 Å². The Hall–Kier alpha value is -2.90. The molecule has 33 heavy (non-hydrogen) atoms. The Bertz CT molecular complexity index is 959. The summed E-state index contributed by atoms with van der Waals surface area (Å²) in [5.74, 6) is 1.52. The third-order valence-corrected chi connectivity index (χ3v) is 6.14. The number of hydrogen-bond donors (Lipinski definition) is 2. The fourth-order valence-corrected chi connectivity index (χ4v) is 4.33. The van der Waals surface area contributed by atoms with Crippen molar-refractivity contribution in [3.63, 3.8) is 0 Å². The average Bonchev–Trinajstić information content (AvgIpc) is 2.87. The Labute approximate surface area is 194 Å². The van der Waals surface area contributed by atoms with E-state index in [2.05, 4.69) is 0 Å². The van der Waals surface area contributed by atoms with Gasteiger partial charge in [-0.05, 0) is 47.4 Å². The quantitative estimate of drug-likeness (QED) is 0.513. The molecule has 1 aliphatic heterocycles. The maximum Gasteiger partial charge on any atom is 0.143 e. The molecule has 3 aromatic carbocycles. The molecule has 0 spiro atoms. The summed E-state index contributed by atoms with van der Waals surface area (Å²) in [5, 5.41) is 10.6. The second-order valence-corrected chi connectivity index (χ2v) is 8.25. The molecule has 6 nitrogen and oxygen atoms in total. The lowest BCUT2D eigenvalue weighted by Gasteiger charge is -2.39. The van der Waals surface area contributed by atoms with Crippen molar-refractivity contribution in [1.29, 1.82) is 0 Å². The molecular formula is C27H31NO5. The van der Waals surface area contributed by atoms with Crippen LogP contribution < -0.4 is 15.2 Å². The van der Waals surface area contributed by atoms with Crippen molar-refractivity contribution < 1.29 is 24.1 Å². The van der Waals surface area contributed by atoms with Crippen molar-refractivity contribution >= 4 is 0 Å². The lowest BCUT2D eigenvalue weighted by Crippen LogP contribution is -2.48. The van der Waals surface area contributed by atoms with Gasteiger partial charge in [-0.25, -0.2) is 0 Å². The molecule has 3 aromatic rings. The number of benzene rings is 3. The van der Waals surface area contributed by atoms with Crippen LogP contribution in [0.15, 0.2) is 78.9 Å². The predicted octanol–water partition coefficient (Wildman–Crippen LogP) is 3.49. The molecule has 0 radical (unpaired) electrons. The fraction of sp³-hybridized carbons (Fsp3) is 0.333. The second kappa shape index (κ2) is 10.4. The Morgan fingerprint density at radius 3 is 1.85 bits per heavy atom. The first-order valence-corrected chi connectivity index (χ1v) is 11.1. The molecule has 0 unspecified atom stereocenters. The fourth-order valence-electron chi connectivity index (χ4n) is 4.33. The van der Waals surface area contributed by atoms with Crippen LogP contribution in [0.25, 0.3) is 0 Å². The molecule has 1 fully saturated rings. The lowest BCUT2D eigenvalue weighted by molar-refractivity contribution is -0.133. The summed E-state index contributed by atoms with van der Waals surface area (Å²) in [4.78, 5) is 0. The van der Waals surface area contributed by atoms with Crippen LogP contribution in [0.2, 0.25) is 0 Å². The SMILES string of the molecule is COc1ccc(C(OC[C@H]2OC[C@@H](N)C[C@@H]2O)(c2ccccc2)c2ccc(OC)cc2)cc1. The van der Waals surface area contributed by atoms with E-state index in [-0.39, 0.29) is 12.6 Å². The monoisotopic (exact) mass is 449 g/mol. The Morgan fingerprint density at radius 2 is 1.36 bits per heavy atom. The van der Waals surface area contributed by atoms with E-state index in [1.54, 1.807) is 14.2 Å². The highest BCUT2D eigenvalue weighted by atomic mass is 16.6. The van der Waals surface area contributed by atoms with Crippen molar-refractivity contribution in [1.82, 2.24) is 0 Å². The van der Waals surface area contributed by atoms with E-state index in [4.69, 9.17) is 24.7 Å². The largest absolute Gasteiger partial charge is 0.497 e. The van der Waals surface area contributed by atoms with Gasteiger partial charge in [0.15, 0.2) is 0 Å². The zero-order valence-electron chi connectivity index (χ0n) is 19.0. The molecule has 0 bridgehead atoms. The first-order valence-electron chi connectivity index (χ1n) is 11.1. The van der Waals surface area contributed by atoms with Crippen LogP contribution in [0.4, 0.5) is 0 Å². The highest BCUT2D eigenvalue weighted by molar-refractivity contribution is 5.49. The molecule has 1 saturated heterocycles. The molecule has 0 aromatic heterocycles. The minimum absolute atomic E-state index is 0.168. The molecule has 6 heteroatoms. The lowest BCUT2D eigenvalue weighted by atomic mass is 9.80. The molecule has 1 heterocycles. The summed E-state index contributed by atoms with van der Waals surface area (Å²) in [7, 11) is 3.29. The summed E-state index contributed by atoms with van der Waals surface area (Å²) in [6.07, 6.45) is -0.671. The number of aliphatic hydroxyl groups is 1. The van der Waals surface area contributed by atoms with Crippen molar-refractivity contribution in [2.45, 2.75) is 30.3 Å². The number of ether oxygens (including phenoxy) is 4. The van der Waals surface area contributed by atoms with Crippen LogP contribution in [0.3, 0.4) is 0 Å². The highest BCUT2D eigenvalue weighted by Gasteiger charge is 2.40. The van der Waals surface area contributed by atoms with Gasteiger partial charge in [0.2, 0.25) is 0 Å². The number of rotatable bonds is 8. The molecule has 0 aliphatic carbocycles. The Kier molecular flexibility index (Phi) is 7.30. The smallest absolute Gasteiger partial charge is 0.143 e. The van der Waals surface area contributed by atoms with Crippen LogP contribution in [-0.2, 0) is 15.1 Å². The molecule has 3 N–H and O–H groups in total. The van der Waals surface area contributed by atoms with Gasteiger partial charge in [0.05, 0.1) is 33.5 Å². The summed E-state index contributed by atoms with van der Waals surface area (Å²) in [5.41, 5.74) is 7.83. The van der Waals surface area contributed by atoms with Crippen LogP contribution in [0.1, 0.15) is 23.1 Å². The number of methoxy groups -OCH3 is 2. The van der Waals surface area contributed by atoms with Crippen molar-refractivity contribution in [2.24, 2.45) is 5.73 Å². The average molecular weight is 450 g/mol. The van der Waals surface area contributed by atoms with Crippen molar-refractivity contribution in [2.75, 3.05) is 27.4 Å². The molecule has 1 aliphatic rings. The van der Waals surface area contributed by atoms with E-state index in [0.717, 1.165) is 28.2 Å². The molecule has 0 saturated carbocycles. The van der Waals surface area contributed by atoms with Gasteiger partial charge in [0, 0.05) is 6.04 Å². The molecule has 4 rings (SSSR count). The molecule has 174 valence electrons. The zero-order valence-corrected chi connectivity index (χ0v) is 19.0. The maximum absolute atomic E-state index is 10.6. The van der Waals surface area contributed by atoms with E-state index >= 15 is 0 Å². The van der Waals surface area contributed by atoms with E-state index < -0.39 is 17.8 Å². The zero-order chi connectivity index (χ0) is 23.3. The van der Waals surface area contributed by atoms with Gasteiger partial charge in [-0.1, -0.05) is 54.6 Å². The molecule has 3 atom stereocenters. The van der Waals surface area contributed by atoms with Crippen LogP contribution in [-0.4, -0.2) is 50.8 Å². The number of hydrogen-bond acceptors (Lipinski definition) is 6. The maximum atomic E-state index is 10.6. The van der Waals surface area contributed by atoms with E-state index in [1.807, 2.05) is 78.9 Å². The predicted molar refractivity (Wildman–Crippen MR) is 127 cm³/mol. The van der Waals surface area contributed by atoms with Crippen LogP contribution in [0, 0.1) is 0 Å². The van der Waals surface area contributed by atoms with Gasteiger partial charge < -0.3 is 29.8 Å². The van der Waals surface area contributed by atoms with Gasteiger partial charge in [-0.15, -0.1) is 0 Å². The summed E-state index contributed by atoms with van der Waals surface area (Å²) in [6.45, 7) is 0.593. The highest BCUT2D eigenvalue weighted by Crippen LogP contribution is 2.42. The van der Waals surface area contributed by atoms with E-state index in [0.29, 0.717) is 13.0 Å². The topological polar surface area (TPSA) is 83.2 Å². The van der Waals surface area contributed by atoms with Crippen LogP contribution in [0.5, 0.6) is 11.5 Å². The van der Waals surface area contributed by atoms with E-state index in [9.17, 15) is 5.11 Å². The van der Waals surface area contributed by atoms with Gasteiger partial charge in [-0.3, -0.25) is 0 Å². The Balaban J connectivity index is 1.81. The molecule has 0 amide bonds. The summed E-state index contributed by atoms with van der Waals surface area (Å²) >= 11 is 0. The minimum atomic E-state index is -0.942.